The number of nitrogens with one attached hydrogen (secondary N) is 2. The van der Waals surface area contributed by atoms with Gasteiger partial charge in [0.1, 0.15) is 13.2 Å². The topological polar surface area (TPSA) is 96.4 Å². The van der Waals surface area contributed by atoms with Gasteiger partial charge in [-0.1, -0.05) is 30.3 Å². The second-order valence-corrected chi connectivity index (χ2v) is 5.93. The van der Waals surface area contributed by atoms with Crippen molar-refractivity contribution in [1.29, 1.82) is 0 Å². The number of hydrogen-bond acceptors (Lipinski definition) is 5. The number of nitrogens with zero attached hydrogens (tertiary/aromatic N) is 2. The number of benzene rings is 2. The van der Waals surface area contributed by atoms with Crippen LogP contribution in [0.2, 0.25) is 0 Å². The highest BCUT2D eigenvalue weighted by Gasteiger charge is 2.21. The van der Waals surface area contributed by atoms with Crippen molar-refractivity contribution in [3.05, 3.63) is 59.2 Å². The summed E-state index contributed by atoms with van der Waals surface area (Å²) < 4.78 is 4.79. The summed E-state index contributed by atoms with van der Waals surface area (Å²) in [6.45, 7) is 0.107. The van der Waals surface area contributed by atoms with E-state index in [1.165, 1.54) is 7.11 Å². The number of H-pyrrole nitrogens is 1. The minimum Gasteiger partial charge on any atom is -0.375 e. The number of aromatic amines is 1. The van der Waals surface area contributed by atoms with E-state index in [1.54, 1.807) is 0 Å². The second kappa shape index (κ2) is 6.53. The van der Waals surface area contributed by atoms with Crippen molar-refractivity contribution in [3.8, 4) is 0 Å². The van der Waals surface area contributed by atoms with Crippen LogP contribution in [0.5, 0.6) is 0 Å². The van der Waals surface area contributed by atoms with Gasteiger partial charge in [-0.25, -0.2) is 4.98 Å². The zero-order chi connectivity index (χ0) is 18.1. The molecule has 26 heavy (non-hydrogen) atoms. The Balaban J connectivity index is 1.70. The van der Waals surface area contributed by atoms with E-state index in [9.17, 15) is 9.59 Å². The summed E-state index contributed by atoms with van der Waals surface area (Å²) >= 11 is 0. The average Bonchev–Trinajstić information content (AvgIpc) is 3.03. The molecular formula is C19H16N4O3. The summed E-state index contributed by atoms with van der Waals surface area (Å²) in [7, 11) is 1.46. The third-order valence-electron chi connectivity index (χ3n) is 4.15. The number of hydrogen-bond donors (Lipinski definition) is 2. The van der Waals surface area contributed by atoms with Gasteiger partial charge in [-0.05, 0) is 12.1 Å². The van der Waals surface area contributed by atoms with Crippen LogP contribution in [-0.4, -0.2) is 47.6 Å². The molecule has 7 nitrogen and oxygen atoms in total. The lowest BCUT2D eigenvalue weighted by Crippen LogP contribution is -2.19. The van der Waals surface area contributed by atoms with Crippen LogP contribution in [-0.2, 0) is 9.53 Å². The summed E-state index contributed by atoms with van der Waals surface area (Å²) in [4.78, 5) is 35.6. The average molecular weight is 348 g/mol. The zero-order valence-electron chi connectivity index (χ0n) is 14.1. The number of amides is 1. The van der Waals surface area contributed by atoms with Crippen molar-refractivity contribution in [3.63, 3.8) is 0 Å². The number of ketones is 1. The first kappa shape index (κ1) is 16.2. The number of imidazole rings is 1. The van der Waals surface area contributed by atoms with E-state index in [0.29, 0.717) is 11.5 Å². The third-order valence-corrected chi connectivity index (χ3v) is 4.15. The number of rotatable bonds is 4. The fraction of sp³-hybridized carbons (Fsp3) is 0.158. The van der Waals surface area contributed by atoms with Crippen LogP contribution in [0.15, 0.2) is 47.5 Å². The van der Waals surface area contributed by atoms with Gasteiger partial charge < -0.3 is 9.72 Å². The maximum atomic E-state index is 12.1. The number of anilines is 1. The Hall–Kier alpha value is -3.32. The molecule has 0 aliphatic carbocycles. The molecular weight excluding hydrogens is 332 g/mol. The van der Waals surface area contributed by atoms with Gasteiger partial charge in [-0.2, -0.15) is 0 Å². The number of fused-ring (bicyclic) bond motifs is 2. The first-order valence-corrected chi connectivity index (χ1v) is 8.11. The Morgan fingerprint density at radius 3 is 2.85 bits per heavy atom. The Kier molecular flexibility index (Phi) is 4.06. The van der Waals surface area contributed by atoms with Gasteiger partial charge in [0, 0.05) is 23.8 Å². The lowest BCUT2D eigenvalue weighted by molar-refractivity contribution is -0.119. The van der Waals surface area contributed by atoms with Crippen molar-refractivity contribution in [1.82, 2.24) is 9.97 Å². The third kappa shape index (κ3) is 2.89. The normalized spacial score (nSPS) is 13.4. The quantitative estimate of drug-likeness (QED) is 0.755. The van der Waals surface area contributed by atoms with Gasteiger partial charge in [0.15, 0.2) is 5.78 Å². The molecule has 0 bridgehead atoms. The fourth-order valence-corrected chi connectivity index (χ4v) is 3.02. The molecule has 2 heterocycles. The molecule has 1 aromatic heterocycles. The smallest absolute Gasteiger partial charge is 0.252 e. The molecule has 0 radical (unpaired) electrons. The predicted molar refractivity (Wildman–Crippen MR) is 97.9 cm³/mol. The van der Waals surface area contributed by atoms with Crippen molar-refractivity contribution in [2.45, 2.75) is 0 Å². The number of aliphatic imine (C=N–C) groups is 1. The number of aromatic nitrogens is 2. The van der Waals surface area contributed by atoms with Crippen molar-refractivity contribution in [2.75, 3.05) is 25.6 Å². The summed E-state index contributed by atoms with van der Waals surface area (Å²) in [5.41, 5.74) is 4.68. The number of carbonyl (C=O) groups is 2. The standard InChI is InChI=1S/C19H16N4O3/c1-26-10-17(25)23-19-21-14-7-6-11(8-15(14)22-19)18-13-5-3-2-4-12(13)16(24)9-20-18/h2-8H,9-10H2,1H3,(H2,21,22,23,25). The molecule has 2 N–H and O–H groups in total. The molecule has 7 heteroatoms. The Labute approximate surface area is 149 Å². The maximum Gasteiger partial charge on any atom is 0.252 e. The van der Waals surface area contributed by atoms with Crippen LogP contribution < -0.4 is 5.32 Å². The van der Waals surface area contributed by atoms with E-state index in [4.69, 9.17) is 4.74 Å². The maximum absolute atomic E-state index is 12.1. The van der Waals surface area contributed by atoms with Gasteiger partial charge in [-0.15, -0.1) is 0 Å². The van der Waals surface area contributed by atoms with Crippen LogP contribution in [0.1, 0.15) is 21.5 Å². The van der Waals surface area contributed by atoms with E-state index in [-0.39, 0.29) is 24.8 Å². The van der Waals surface area contributed by atoms with Gasteiger partial charge >= 0.3 is 0 Å². The van der Waals surface area contributed by atoms with Crippen molar-refractivity contribution >= 4 is 34.4 Å². The molecule has 1 aliphatic rings. The summed E-state index contributed by atoms with van der Waals surface area (Å²) in [5, 5.41) is 2.65. The predicted octanol–water partition coefficient (Wildman–Crippen LogP) is 2.18. The van der Waals surface area contributed by atoms with Gasteiger partial charge in [-0.3, -0.25) is 19.9 Å². The minimum absolute atomic E-state index is 0.0233. The van der Waals surface area contributed by atoms with Crippen molar-refractivity contribution in [2.24, 2.45) is 4.99 Å². The fourth-order valence-electron chi connectivity index (χ4n) is 3.02. The molecule has 0 atom stereocenters. The van der Waals surface area contributed by atoms with E-state index >= 15 is 0 Å². The molecule has 2 aromatic carbocycles. The molecule has 3 aromatic rings. The highest BCUT2D eigenvalue weighted by atomic mass is 16.5. The Bertz CT molecular complexity index is 1050. The van der Waals surface area contributed by atoms with E-state index < -0.39 is 0 Å². The zero-order valence-corrected chi connectivity index (χ0v) is 14.1. The number of Topliss-reactive ketones (excluding diaryl/α,β-unsaturated/α-hetero) is 1. The van der Waals surface area contributed by atoms with E-state index in [2.05, 4.69) is 20.3 Å². The molecule has 0 unspecified atom stereocenters. The molecule has 0 fully saturated rings. The molecule has 130 valence electrons. The van der Waals surface area contributed by atoms with Gasteiger partial charge in [0.2, 0.25) is 5.95 Å². The first-order chi connectivity index (χ1) is 12.7. The van der Waals surface area contributed by atoms with Crippen LogP contribution in [0.4, 0.5) is 5.95 Å². The Morgan fingerprint density at radius 2 is 2.04 bits per heavy atom. The van der Waals surface area contributed by atoms with Crippen LogP contribution in [0.25, 0.3) is 11.0 Å². The summed E-state index contributed by atoms with van der Waals surface area (Å²) in [5.74, 6) is 0.103. The highest BCUT2D eigenvalue weighted by molar-refractivity contribution is 6.22. The molecule has 0 saturated carbocycles. The molecule has 1 aliphatic heterocycles. The second-order valence-electron chi connectivity index (χ2n) is 5.93. The lowest BCUT2D eigenvalue weighted by atomic mass is 9.92. The Morgan fingerprint density at radius 1 is 1.23 bits per heavy atom. The first-order valence-electron chi connectivity index (χ1n) is 8.11. The largest absolute Gasteiger partial charge is 0.375 e. The van der Waals surface area contributed by atoms with Crippen LogP contribution in [0, 0.1) is 0 Å². The highest BCUT2D eigenvalue weighted by Crippen LogP contribution is 2.23. The monoisotopic (exact) mass is 348 g/mol. The van der Waals surface area contributed by atoms with E-state index in [0.717, 1.165) is 27.9 Å². The molecule has 0 saturated heterocycles. The van der Waals surface area contributed by atoms with Crippen LogP contribution in [0.3, 0.4) is 0 Å². The SMILES string of the molecule is COCC(=O)Nc1nc2ccc(C3=NCC(=O)c4ccccc43)cc2[nH]1. The molecule has 0 spiro atoms. The molecule has 1 amide bonds. The number of carbonyl (C=O) groups excluding carboxylic acids is 2. The minimum atomic E-state index is -0.282. The molecule has 4 rings (SSSR count). The number of methoxy groups -OCH3 is 1. The van der Waals surface area contributed by atoms with Gasteiger partial charge in [0.25, 0.3) is 5.91 Å². The van der Waals surface area contributed by atoms with E-state index in [1.807, 2.05) is 42.5 Å². The van der Waals surface area contributed by atoms with Crippen LogP contribution >= 0.6 is 0 Å². The summed E-state index contributed by atoms with van der Waals surface area (Å²) in [6.07, 6.45) is 0. The van der Waals surface area contributed by atoms with Gasteiger partial charge in [0.05, 0.1) is 16.7 Å². The summed E-state index contributed by atoms with van der Waals surface area (Å²) in [6, 6.07) is 13.2. The number of ether oxygens (including phenoxy) is 1. The van der Waals surface area contributed by atoms with Crippen molar-refractivity contribution < 1.29 is 14.3 Å². The lowest BCUT2D eigenvalue weighted by Gasteiger charge is -2.16.